The molecule has 5 heteroatoms. The number of hydrogen-bond donors (Lipinski definition) is 2. The van der Waals surface area contributed by atoms with Crippen LogP contribution in [0.3, 0.4) is 0 Å². The molecule has 0 aliphatic heterocycles. The molecule has 2 unspecified atom stereocenters. The summed E-state index contributed by atoms with van der Waals surface area (Å²) < 4.78 is 0. The van der Waals surface area contributed by atoms with Crippen molar-refractivity contribution in [1.29, 1.82) is 0 Å². The summed E-state index contributed by atoms with van der Waals surface area (Å²) in [6.07, 6.45) is 2.52. The number of amides is 1. The zero-order chi connectivity index (χ0) is 11.6. The molecule has 1 aliphatic carbocycles. The van der Waals surface area contributed by atoms with E-state index in [4.69, 9.17) is 10.8 Å². The first-order valence-corrected chi connectivity index (χ1v) is 5.11. The highest BCUT2D eigenvalue weighted by Crippen LogP contribution is 2.38. The van der Waals surface area contributed by atoms with E-state index < -0.39 is 11.4 Å². The maximum Gasteiger partial charge on any atom is 0.323 e. The molecule has 1 rings (SSSR count). The van der Waals surface area contributed by atoms with Gasteiger partial charge in [-0.05, 0) is 19.8 Å². The maximum absolute atomic E-state index is 12.0. The van der Waals surface area contributed by atoms with Crippen molar-refractivity contribution in [2.75, 3.05) is 13.6 Å². The standard InChI is InChI=1S/C10H18N2O3/c1-10(5-3-4-7(10)11)9(15)12(2)6-8(13)14/h7H,3-6,11H2,1-2H3,(H,13,14). The number of carbonyl (C=O) groups is 2. The number of likely N-dealkylation sites (N-methyl/N-ethyl adjacent to an activating group) is 1. The zero-order valence-electron chi connectivity index (χ0n) is 9.19. The Labute approximate surface area is 89.2 Å². The van der Waals surface area contributed by atoms with Crippen LogP contribution in [0.1, 0.15) is 26.2 Å². The van der Waals surface area contributed by atoms with Crippen LogP contribution in [0.2, 0.25) is 0 Å². The van der Waals surface area contributed by atoms with E-state index in [1.54, 1.807) is 0 Å². The number of carboxylic acids is 1. The number of nitrogens with two attached hydrogens (primary N) is 1. The summed E-state index contributed by atoms with van der Waals surface area (Å²) in [6, 6.07) is -0.152. The Morgan fingerprint density at radius 1 is 1.60 bits per heavy atom. The van der Waals surface area contributed by atoms with Gasteiger partial charge in [0, 0.05) is 13.1 Å². The van der Waals surface area contributed by atoms with Crippen LogP contribution in [0.5, 0.6) is 0 Å². The number of hydrogen-bond acceptors (Lipinski definition) is 3. The highest BCUT2D eigenvalue weighted by atomic mass is 16.4. The Morgan fingerprint density at radius 2 is 2.20 bits per heavy atom. The summed E-state index contributed by atoms with van der Waals surface area (Å²) in [7, 11) is 1.51. The molecule has 0 heterocycles. The van der Waals surface area contributed by atoms with Crippen LogP contribution >= 0.6 is 0 Å². The second-order valence-corrected chi connectivity index (χ2v) is 4.47. The summed E-state index contributed by atoms with van der Waals surface area (Å²) in [5.41, 5.74) is 5.31. The van der Waals surface area contributed by atoms with Gasteiger partial charge in [0.05, 0.1) is 5.41 Å². The lowest BCUT2D eigenvalue weighted by Gasteiger charge is -2.31. The number of carboxylic acid groups (broad SMARTS) is 1. The minimum absolute atomic E-state index is 0.152. The molecule has 0 spiro atoms. The molecule has 1 aliphatic rings. The molecule has 1 saturated carbocycles. The van der Waals surface area contributed by atoms with Gasteiger partial charge >= 0.3 is 5.97 Å². The van der Waals surface area contributed by atoms with E-state index in [1.807, 2.05) is 6.92 Å². The van der Waals surface area contributed by atoms with Gasteiger partial charge in [0.15, 0.2) is 0 Å². The first kappa shape index (κ1) is 12.0. The van der Waals surface area contributed by atoms with Crippen molar-refractivity contribution in [1.82, 2.24) is 4.90 Å². The van der Waals surface area contributed by atoms with Gasteiger partial charge < -0.3 is 15.7 Å². The van der Waals surface area contributed by atoms with Crippen molar-refractivity contribution in [2.45, 2.75) is 32.2 Å². The highest BCUT2D eigenvalue weighted by Gasteiger charge is 2.44. The minimum atomic E-state index is -0.999. The van der Waals surface area contributed by atoms with Crippen molar-refractivity contribution in [3.05, 3.63) is 0 Å². The summed E-state index contributed by atoms with van der Waals surface area (Å²) in [5, 5.41) is 8.60. The van der Waals surface area contributed by atoms with Gasteiger partial charge in [0.25, 0.3) is 0 Å². The predicted octanol–water partition coefficient (Wildman–Crippen LogP) is 0.0469. The molecule has 5 nitrogen and oxygen atoms in total. The largest absolute Gasteiger partial charge is 0.480 e. The molecule has 0 bridgehead atoms. The predicted molar refractivity (Wildman–Crippen MR) is 55.2 cm³/mol. The van der Waals surface area contributed by atoms with Crippen molar-refractivity contribution in [3.8, 4) is 0 Å². The lowest BCUT2D eigenvalue weighted by Crippen LogP contribution is -2.49. The van der Waals surface area contributed by atoms with Gasteiger partial charge in [-0.15, -0.1) is 0 Å². The van der Waals surface area contributed by atoms with Crippen LogP contribution in [0, 0.1) is 5.41 Å². The van der Waals surface area contributed by atoms with E-state index in [9.17, 15) is 9.59 Å². The lowest BCUT2D eigenvalue weighted by molar-refractivity contribution is -0.148. The summed E-state index contributed by atoms with van der Waals surface area (Å²) >= 11 is 0. The smallest absolute Gasteiger partial charge is 0.323 e. The summed E-state index contributed by atoms with van der Waals surface area (Å²) in [4.78, 5) is 23.7. The van der Waals surface area contributed by atoms with Gasteiger partial charge in [-0.1, -0.05) is 6.42 Å². The molecule has 0 aromatic heterocycles. The van der Waals surface area contributed by atoms with Gasteiger partial charge in [-0.2, -0.15) is 0 Å². The monoisotopic (exact) mass is 214 g/mol. The van der Waals surface area contributed by atoms with E-state index in [2.05, 4.69) is 0 Å². The van der Waals surface area contributed by atoms with E-state index in [1.165, 1.54) is 11.9 Å². The molecule has 0 radical (unpaired) electrons. The molecular weight excluding hydrogens is 196 g/mol. The SMILES string of the molecule is CN(CC(=O)O)C(=O)C1(C)CCCC1N. The fourth-order valence-electron chi connectivity index (χ4n) is 2.17. The number of aliphatic carboxylic acids is 1. The third-order valence-electron chi connectivity index (χ3n) is 3.24. The Balaban J connectivity index is 2.70. The average Bonchev–Trinajstić information content (AvgIpc) is 2.46. The molecule has 1 amide bonds. The van der Waals surface area contributed by atoms with E-state index in [-0.39, 0.29) is 18.5 Å². The molecule has 0 aromatic carbocycles. The zero-order valence-corrected chi connectivity index (χ0v) is 9.19. The number of nitrogens with zero attached hydrogens (tertiary/aromatic N) is 1. The molecular formula is C10H18N2O3. The van der Waals surface area contributed by atoms with Crippen molar-refractivity contribution in [2.24, 2.45) is 11.1 Å². The molecule has 1 fully saturated rings. The van der Waals surface area contributed by atoms with Gasteiger partial charge in [-0.25, -0.2) is 0 Å². The van der Waals surface area contributed by atoms with Gasteiger partial charge in [-0.3, -0.25) is 9.59 Å². The van der Waals surface area contributed by atoms with Gasteiger partial charge in [0.1, 0.15) is 6.54 Å². The topological polar surface area (TPSA) is 83.6 Å². The molecule has 15 heavy (non-hydrogen) atoms. The average molecular weight is 214 g/mol. The quantitative estimate of drug-likeness (QED) is 0.695. The Hall–Kier alpha value is -1.10. The Bertz CT molecular complexity index is 280. The maximum atomic E-state index is 12.0. The first-order valence-electron chi connectivity index (χ1n) is 5.11. The fourth-order valence-corrected chi connectivity index (χ4v) is 2.17. The Kier molecular flexibility index (Phi) is 3.34. The third-order valence-corrected chi connectivity index (χ3v) is 3.24. The third kappa shape index (κ3) is 2.28. The van der Waals surface area contributed by atoms with Crippen LogP contribution in [0.25, 0.3) is 0 Å². The number of carbonyl (C=O) groups excluding carboxylic acids is 1. The van der Waals surface area contributed by atoms with E-state index in [0.29, 0.717) is 0 Å². The minimum Gasteiger partial charge on any atom is -0.480 e. The fraction of sp³-hybridized carbons (Fsp3) is 0.800. The van der Waals surface area contributed by atoms with Crippen molar-refractivity contribution >= 4 is 11.9 Å². The van der Waals surface area contributed by atoms with Crippen LogP contribution in [-0.4, -0.2) is 41.5 Å². The van der Waals surface area contributed by atoms with Crippen LogP contribution in [0.4, 0.5) is 0 Å². The van der Waals surface area contributed by atoms with E-state index in [0.717, 1.165) is 19.3 Å². The second kappa shape index (κ2) is 4.18. The van der Waals surface area contributed by atoms with Gasteiger partial charge in [0.2, 0.25) is 5.91 Å². The van der Waals surface area contributed by atoms with E-state index >= 15 is 0 Å². The van der Waals surface area contributed by atoms with Crippen LogP contribution < -0.4 is 5.73 Å². The summed E-state index contributed by atoms with van der Waals surface area (Å²) in [5.74, 6) is -1.16. The van der Waals surface area contributed by atoms with Crippen molar-refractivity contribution < 1.29 is 14.7 Å². The molecule has 0 aromatic rings. The molecule has 86 valence electrons. The van der Waals surface area contributed by atoms with Crippen LogP contribution in [-0.2, 0) is 9.59 Å². The second-order valence-electron chi connectivity index (χ2n) is 4.47. The molecule has 0 saturated heterocycles. The molecule has 2 atom stereocenters. The summed E-state index contributed by atoms with van der Waals surface area (Å²) in [6.45, 7) is 1.56. The highest BCUT2D eigenvalue weighted by molar-refractivity contribution is 5.86. The first-order chi connectivity index (χ1) is 6.88. The lowest BCUT2D eigenvalue weighted by atomic mass is 9.83. The van der Waals surface area contributed by atoms with Crippen LogP contribution in [0.15, 0.2) is 0 Å². The molecule has 3 N–H and O–H groups in total. The van der Waals surface area contributed by atoms with Crippen molar-refractivity contribution in [3.63, 3.8) is 0 Å². The number of rotatable bonds is 3. The normalized spacial score (nSPS) is 30.2. The Morgan fingerprint density at radius 3 is 2.60 bits per heavy atom.